The molecule has 2 N–H and O–H groups in total. The number of anilines is 1. The number of carbonyl (C=O) groups excluding carboxylic acids is 2. The lowest BCUT2D eigenvalue weighted by Crippen LogP contribution is -2.46. The summed E-state index contributed by atoms with van der Waals surface area (Å²) in [5.74, 6) is 0.00571. The lowest BCUT2D eigenvalue weighted by molar-refractivity contribution is -0.117. The summed E-state index contributed by atoms with van der Waals surface area (Å²) in [6, 6.07) is 6.84. The molecule has 114 valence electrons. The van der Waals surface area contributed by atoms with E-state index in [0.717, 1.165) is 12.1 Å². The molecule has 2 atom stereocenters. The largest absolute Gasteiger partial charge is 0.336 e. The standard InChI is InChI=1S/C15H20ClN3O2/c1-3-10(2)17-15(21)18-12-8-14(20)19(9-12)13-6-4-11(16)5-7-13/h4-7,10,12H,3,8-9H2,1-2H3,(H2,17,18,21)/t10-,12-/m1/s1. The van der Waals surface area contributed by atoms with Crippen molar-refractivity contribution in [2.75, 3.05) is 11.4 Å². The summed E-state index contributed by atoms with van der Waals surface area (Å²) in [5, 5.41) is 6.32. The lowest BCUT2D eigenvalue weighted by Gasteiger charge is -2.18. The van der Waals surface area contributed by atoms with Crippen LogP contribution in [-0.2, 0) is 4.79 Å². The van der Waals surface area contributed by atoms with Gasteiger partial charge in [-0.1, -0.05) is 18.5 Å². The van der Waals surface area contributed by atoms with Crippen LogP contribution in [0.3, 0.4) is 0 Å². The van der Waals surface area contributed by atoms with Crippen molar-refractivity contribution in [3.8, 4) is 0 Å². The van der Waals surface area contributed by atoms with Gasteiger partial charge in [0, 0.05) is 29.7 Å². The first kappa shape index (κ1) is 15.6. The minimum Gasteiger partial charge on any atom is -0.336 e. The van der Waals surface area contributed by atoms with Gasteiger partial charge in [0.15, 0.2) is 0 Å². The summed E-state index contributed by atoms with van der Waals surface area (Å²) in [6.45, 7) is 4.43. The Morgan fingerprint density at radius 3 is 2.71 bits per heavy atom. The number of nitrogens with one attached hydrogen (secondary N) is 2. The van der Waals surface area contributed by atoms with Crippen LogP contribution in [0.2, 0.25) is 5.02 Å². The minimum absolute atomic E-state index is 0.00571. The zero-order valence-corrected chi connectivity index (χ0v) is 13.0. The zero-order valence-electron chi connectivity index (χ0n) is 12.2. The number of hydrogen-bond donors (Lipinski definition) is 2. The highest BCUT2D eigenvalue weighted by Gasteiger charge is 2.31. The number of rotatable bonds is 4. The van der Waals surface area contributed by atoms with Crippen LogP contribution >= 0.6 is 11.6 Å². The molecular formula is C15H20ClN3O2. The maximum atomic E-state index is 12.1. The average molecular weight is 310 g/mol. The summed E-state index contributed by atoms with van der Waals surface area (Å²) in [5.41, 5.74) is 0.802. The van der Waals surface area contributed by atoms with Crippen molar-refractivity contribution in [3.63, 3.8) is 0 Å². The van der Waals surface area contributed by atoms with Crippen LogP contribution in [0.1, 0.15) is 26.7 Å². The Morgan fingerprint density at radius 2 is 2.10 bits per heavy atom. The van der Waals surface area contributed by atoms with Gasteiger partial charge >= 0.3 is 6.03 Å². The number of carbonyl (C=O) groups is 2. The Morgan fingerprint density at radius 1 is 1.43 bits per heavy atom. The van der Waals surface area contributed by atoms with E-state index in [9.17, 15) is 9.59 Å². The fourth-order valence-corrected chi connectivity index (χ4v) is 2.35. The Labute approximate surface area is 129 Å². The number of amides is 3. The van der Waals surface area contributed by atoms with E-state index in [1.807, 2.05) is 26.0 Å². The van der Waals surface area contributed by atoms with Crippen molar-refractivity contribution in [3.05, 3.63) is 29.3 Å². The van der Waals surface area contributed by atoms with Crippen molar-refractivity contribution in [2.45, 2.75) is 38.8 Å². The van der Waals surface area contributed by atoms with Gasteiger partial charge in [-0.25, -0.2) is 4.79 Å². The molecule has 1 heterocycles. The third-order valence-electron chi connectivity index (χ3n) is 3.59. The number of halogens is 1. The van der Waals surface area contributed by atoms with Crippen LogP contribution in [0, 0.1) is 0 Å². The van der Waals surface area contributed by atoms with Gasteiger partial charge in [0.1, 0.15) is 0 Å². The van der Waals surface area contributed by atoms with Gasteiger partial charge in [0.05, 0.1) is 6.04 Å². The number of nitrogens with zero attached hydrogens (tertiary/aromatic N) is 1. The van der Waals surface area contributed by atoms with E-state index in [4.69, 9.17) is 11.6 Å². The van der Waals surface area contributed by atoms with Crippen LogP contribution in [0.4, 0.5) is 10.5 Å². The normalized spacial score (nSPS) is 19.5. The second-order valence-corrected chi connectivity index (χ2v) is 5.75. The highest BCUT2D eigenvalue weighted by Crippen LogP contribution is 2.23. The molecule has 1 aromatic carbocycles. The summed E-state index contributed by atoms with van der Waals surface area (Å²) in [4.78, 5) is 25.5. The molecule has 0 bridgehead atoms. The fraction of sp³-hybridized carbons (Fsp3) is 0.467. The van der Waals surface area contributed by atoms with Crippen LogP contribution in [-0.4, -0.2) is 30.6 Å². The minimum atomic E-state index is -0.222. The second kappa shape index (κ2) is 6.80. The molecule has 1 aromatic rings. The molecule has 21 heavy (non-hydrogen) atoms. The van der Waals surface area contributed by atoms with Gasteiger partial charge in [0.25, 0.3) is 0 Å². The first-order chi connectivity index (χ1) is 9.99. The topological polar surface area (TPSA) is 61.4 Å². The van der Waals surface area contributed by atoms with E-state index < -0.39 is 0 Å². The molecule has 1 fully saturated rings. The van der Waals surface area contributed by atoms with Gasteiger partial charge < -0.3 is 15.5 Å². The predicted octanol–water partition coefficient (Wildman–Crippen LogP) is 2.54. The molecule has 0 saturated carbocycles. The molecule has 0 unspecified atom stereocenters. The maximum absolute atomic E-state index is 12.1. The number of urea groups is 1. The molecule has 0 radical (unpaired) electrons. The molecule has 1 saturated heterocycles. The second-order valence-electron chi connectivity index (χ2n) is 5.31. The summed E-state index contributed by atoms with van der Waals surface area (Å²) >= 11 is 5.85. The number of hydrogen-bond acceptors (Lipinski definition) is 2. The van der Waals surface area contributed by atoms with E-state index in [1.54, 1.807) is 17.0 Å². The predicted molar refractivity (Wildman–Crippen MR) is 83.6 cm³/mol. The van der Waals surface area contributed by atoms with Crippen molar-refractivity contribution in [1.82, 2.24) is 10.6 Å². The van der Waals surface area contributed by atoms with Crippen LogP contribution < -0.4 is 15.5 Å². The number of benzene rings is 1. The van der Waals surface area contributed by atoms with E-state index in [2.05, 4.69) is 10.6 Å². The van der Waals surface area contributed by atoms with E-state index in [0.29, 0.717) is 18.0 Å². The van der Waals surface area contributed by atoms with Crippen molar-refractivity contribution in [1.29, 1.82) is 0 Å². The Kier molecular flexibility index (Phi) is 5.07. The Hall–Kier alpha value is -1.75. The Balaban J connectivity index is 1.93. The quantitative estimate of drug-likeness (QED) is 0.898. The van der Waals surface area contributed by atoms with Crippen molar-refractivity contribution in [2.24, 2.45) is 0 Å². The molecule has 1 aliphatic heterocycles. The third kappa shape index (κ3) is 4.11. The van der Waals surface area contributed by atoms with Gasteiger partial charge in [-0.05, 0) is 37.6 Å². The van der Waals surface area contributed by atoms with Gasteiger partial charge in [-0.15, -0.1) is 0 Å². The van der Waals surface area contributed by atoms with Gasteiger partial charge in [-0.2, -0.15) is 0 Å². The summed E-state index contributed by atoms with van der Waals surface area (Å²) in [6.07, 6.45) is 1.18. The molecule has 1 aliphatic rings. The molecule has 2 rings (SSSR count). The molecule has 6 heteroatoms. The SMILES string of the molecule is CC[C@@H](C)NC(=O)N[C@@H]1CC(=O)N(c2ccc(Cl)cc2)C1. The highest BCUT2D eigenvalue weighted by molar-refractivity contribution is 6.30. The van der Waals surface area contributed by atoms with Crippen molar-refractivity contribution >= 4 is 29.2 Å². The van der Waals surface area contributed by atoms with E-state index >= 15 is 0 Å². The molecule has 0 aliphatic carbocycles. The van der Waals surface area contributed by atoms with E-state index in [1.165, 1.54) is 0 Å². The Bertz CT molecular complexity index is 518. The average Bonchev–Trinajstić information content (AvgIpc) is 2.80. The molecule has 3 amide bonds. The van der Waals surface area contributed by atoms with Gasteiger partial charge in [-0.3, -0.25) is 4.79 Å². The van der Waals surface area contributed by atoms with E-state index in [-0.39, 0.29) is 24.0 Å². The monoisotopic (exact) mass is 309 g/mol. The first-order valence-electron chi connectivity index (χ1n) is 7.12. The maximum Gasteiger partial charge on any atom is 0.315 e. The molecular weight excluding hydrogens is 290 g/mol. The fourth-order valence-electron chi connectivity index (χ4n) is 2.23. The summed E-state index contributed by atoms with van der Waals surface area (Å²) in [7, 11) is 0. The lowest BCUT2D eigenvalue weighted by atomic mass is 10.2. The highest BCUT2D eigenvalue weighted by atomic mass is 35.5. The molecule has 5 nitrogen and oxygen atoms in total. The molecule has 0 aromatic heterocycles. The van der Waals surface area contributed by atoms with Crippen LogP contribution in [0.5, 0.6) is 0 Å². The molecule has 0 spiro atoms. The third-order valence-corrected chi connectivity index (χ3v) is 3.84. The van der Waals surface area contributed by atoms with Gasteiger partial charge in [0.2, 0.25) is 5.91 Å². The van der Waals surface area contributed by atoms with Crippen LogP contribution in [0.25, 0.3) is 0 Å². The first-order valence-corrected chi connectivity index (χ1v) is 7.50. The zero-order chi connectivity index (χ0) is 15.4. The van der Waals surface area contributed by atoms with Crippen LogP contribution in [0.15, 0.2) is 24.3 Å². The smallest absolute Gasteiger partial charge is 0.315 e. The summed E-state index contributed by atoms with van der Waals surface area (Å²) < 4.78 is 0. The van der Waals surface area contributed by atoms with Crippen molar-refractivity contribution < 1.29 is 9.59 Å².